The standard InChI is InChI=1S/C21H26FN5O3/c1-21(6-9-24-11-21)18(25-8-3-7-23)15-14(22)10-13-16(17(15)30-2)27(12-4-5-12)20(29)26-19(13)28/h10,12,18,24-25H,3-6,8-9,11H2,1-2H3,(H,26,28,29). The maximum atomic E-state index is 15.5. The molecule has 0 amide bonds. The lowest BCUT2D eigenvalue weighted by molar-refractivity contribution is 0.233. The third-order valence-electron chi connectivity index (χ3n) is 6.26. The van der Waals surface area contributed by atoms with E-state index >= 15 is 4.39 Å². The predicted molar refractivity (Wildman–Crippen MR) is 110 cm³/mol. The number of H-pyrrole nitrogens is 1. The van der Waals surface area contributed by atoms with Crippen molar-refractivity contribution in [3.05, 3.63) is 38.3 Å². The van der Waals surface area contributed by atoms with Crippen LogP contribution in [0.25, 0.3) is 10.9 Å². The number of benzene rings is 1. The molecule has 1 aliphatic heterocycles. The molecule has 2 fully saturated rings. The highest BCUT2D eigenvalue weighted by Gasteiger charge is 2.41. The van der Waals surface area contributed by atoms with Crippen molar-refractivity contribution in [2.75, 3.05) is 26.7 Å². The van der Waals surface area contributed by atoms with E-state index in [-0.39, 0.29) is 29.0 Å². The summed E-state index contributed by atoms with van der Waals surface area (Å²) >= 11 is 0. The van der Waals surface area contributed by atoms with Crippen LogP contribution in [0.5, 0.6) is 5.75 Å². The second kappa shape index (κ2) is 7.85. The van der Waals surface area contributed by atoms with Gasteiger partial charge in [-0.15, -0.1) is 0 Å². The van der Waals surface area contributed by atoms with Crippen molar-refractivity contribution in [3.8, 4) is 11.8 Å². The van der Waals surface area contributed by atoms with Crippen molar-refractivity contribution in [1.82, 2.24) is 20.2 Å². The number of hydrogen-bond donors (Lipinski definition) is 3. The van der Waals surface area contributed by atoms with E-state index in [1.165, 1.54) is 17.7 Å². The van der Waals surface area contributed by atoms with Gasteiger partial charge in [0.15, 0.2) is 5.75 Å². The van der Waals surface area contributed by atoms with Crippen molar-refractivity contribution in [3.63, 3.8) is 0 Å². The quantitative estimate of drug-likeness (QED) is 0.594. The van der Waals surface area contributed by atoms with Crippen molar-refractivity contribution in [1.29, 1.82) is 5.26 Å². The van der Waals surface area contributed by atoms with Crippen LogP contribution in [-0.4, -0.2) is 36.3 Å². The molecule has 2 unspecified atom stereocenters. The fourth-order valence-corrected chi connectivity index (χ4v) is 4.58. The zero-order valence-corrected chi connectivity index (χ0v) is 17.2. The summed E-state index contributed by atoms with van der Waals surface area (Å²) in [6, 6.07) is 2.82. The van der Waals surface area contributed by atoms with Crippen LogP contribution in [0.15, 0.2) is 15.7 Å². The number of aromatic nitrogens is 2. The fraction of sp³-hybridized carbons (Fsp3) is 0.571. The minimum absolute atomic E-state index is 0.0298. The molecular formula is C21H26FN5O3. The number of halogens is 1. The molecule has 2 heterocycles. The molecule has 1 saturated heterocycles. The smallest absolute Gasteiger partial charge is 0.329 e. The maximum Gasteiger partial charge on any atom is 0.329 e. The molecule has 8 nitrogen and oxygen atoms in total. The molecule has 1 aliphatic carbocycles. The Morgan fingerprint density at radius 1 is 1.47 bits per heavy atom. The monoisotopic (exact) mass is 415 g/mol. The summed E-state index contributed by atoms with van der Waals surface area (Å²) in [5, 5.41) is 15.7. The van der Waals surface area contributed by atoms with Gasteiger partial charge in [0, 0.05) is 42.6 Å². The zero-order chi connectivity index (χ0) is 21.5. The molecule has 1 aromatic heterocycles. The van der Waals surface area contributed by atoms with Gasteiger partial charge in [-0.3, -0.25) is 14.3 Å². The van der Waals surface area contributed by atoms with Gasteiger partial charge in [-0.05, 0) is 31.9 Å². The van der Waals surface area contributed by atoms with Crippen LogP contribution in [0.1, 0.15) is 50.3 Å². The first-order valence-corrected chi connectivity index (χ1v) is 10.3. The van der Waals surface area contributed by atoms with Gasteiger partial charge >= 0.3 is 5.69 Å². The third-order valence-corrected chi connectivity index (χ3v) is 6.26. The highest BCUT2D eigenvalue weighted by atomic mass is 19.1. The molecule has 2 aliphatic rings. The number of rotatable bonds is 7. The van der Waals surface area contributed by atoms with Crippen LogP contribution in [0.4, 0.5) is 4.39 Å². The maximum absolute atomic E-state index is 15.5. The van der Waals surface area contributed by atoms with E-state index in [0.717, 1.165) is 25.8 Å². The molecule has 30 heavy (non-hydrogen) atoms. The van der Waals surface area contributed by atoms with Crippen LogP contribution >= 0.6 is 0 Å². The summed E-state index contributed by atoms with van der Waals surface area (Å²) in [6.45, 7) is 3.92. The number of nitrogens with zero attached hydrogens (tertiary/aromatic N) is 2. The van der Waals surface area contributed by atoms with Gasteiger partial charge in [-0.25, -0.2) is 9.18 Å². The Morgan fingerprint density at radius 3 is 2.83 bits per heavy atom. The van der Waals surface area contributed by atoms with Crippen LogP contribution < -0.4 is 26.6 Å². The minimum Gasteiger partial charge on any atom is -0.494 e. The number of ether oxygens (including phenoxy) is 1. The number of hydrogen-bond acceptors (Lipinski definition) is 6. The molecule has 1 saturated carbocycles. The van der Waals surface area contributed by atoms with Crippen LogP contribution in [0.2, 0.25) is 0 Å². The topological polar surface area (TPSA) is 112 Å². The highest BCUT2D eigenvalue weighted by molar-refractivity contribution is 5.86. The first-order valence-electron chi connectivity index (χ1n) is 10.3. The van der Waals surface area contributed by atoms with E-state index in [9.17, 15) is 9.59 Å². The summed E-state index contributed by atoms with van der Waals surface area (Å²) < 4.78 is 22.7. The molecule has 0 bridgehead atoms. The Hall–Kier alpha value is -2.70. The van der Waals surface area contributed by atoms with E-state index in [1.807, 2.05) is 0 Å². The molecule has 0 radical (unpaired) electrons. The van der Waals surface area contributed by atoms with Crippen LogP contribution in [-0.2, 0) is 0 Å². The first-order chi connectivity index (χ1) is 14.4. The summed E-state index contributed by atoms with van der Waals surface area (Å²) in [4.78, 5) is 27.4. The average Bonchev–Trinajstić information content (AvgIpc) is 3.45. The van der Waals surface area contributed by atoms with E-state index in [0.29, 0.717) is 24.2 Å². The summed E-state index contributed by atoms with van der Waals surface area (Å²) in [5.41, 5.74) is -0.823. The molecule has 0 spiro atoms. The average molecular weight is 415 g/mol. The number of nitrogens with one attached hydrogen (secondary N) is 3. The Labute approximate surface area is 173 Å². The van der Waals surface area contributed by atoms with Gasteiger partial charge in [0.1, 0.15) is 11.3 Å². The van der Waals surface area contributed by atoms with Gasteiger partial charge in [0.25, 0.3) is 5.56 Å². The minimum atomic E-state index is -0.626. The number of fused-ring (bicyclic) bond motifs is 1. The zero-order valence-electron chi connectivity index (χ0n) is 17.2. The Bertz CT molecular complexity index is 1120. The van der Waals surface area contributed by atoms with Gasteiger partial charge in [-0.2, -0.15) is 5.26 Å². The van der Waals surface area contributed by atoms with Gasteiger partial charge < -0.3 is 15.4 Å². The Balaban J connectivity index is 2.00. The van der Waals surface area contributed by atoms with Gasteiger partial charge in [0.05, 0.1) is 18.6 Å². The molecule has 2 atom stereocenters. The van der Waals surface area contributed by atoms with Gasteiger partial charge in [-0.1, -0.05) is 6.92 Å². The van der Waals surface area contributed by atoms with Crippen LogP contribution in [0, 0.1) is 22.6 Å². The lowest BCUT2D eigenvalue weighted by Gasteiger charge is -2.36. The summed E-state index contributed by atoms with van der Waals surface area (Å²) in [6.07, 6.45) is 2.73. The second-order valence-corrected chi connectivity index (χ2v) is 8.44. The Morgan fingerprint density at radius 2 is 2.23 bits per heavy atom. The molecule has 9 heteroatoms. The van der Waals surface area contributed by atoms with E-state index in [4.69, 9.17) is 10.00 Å². The molecule has 4 rings (SSSR count). The normalized spacial score (nSPS) is 22.2. The summed E-state index contributed by atoms with van der Waals surface area (Å²) in [7, 11) is 1.43. The third kappa shape index (κ3) is 3.40. The molecule has 3 N–H and O–H groups in total. The van der Waals surface area contributed by atoms with Crippen LogP contribution in [0.3, 0.4) is 0 Å². The number of methoxy groups -OCH3 is 1. The molecular weight excluding hydrogens is 389 g/mol. The van der Waals surface area contributed by atoms with E-state index < -0.39 is 23.1 Å². The summed E-state index contributed by atoms with van der Waals surface area (Å²) in [5.74, 6) is -0.351. The molecule has 2 aromatic rings. The lowest BCUT2D eigenvalue weighted by atomic mass is 9.77. The number of nitriles is 1. The Kier molecular flexibility index (Phi) is 5.38. The van der Waals surface area contributed by atoms with Crippen molar-refractivity contribution in [2.45, 2.75) is 44.7 Å². The number of aromatic amines is 1. The lowest BCUT2D eigenvalue weighted by Crippen LogP contribution is -2.39. The van der Waals surface area contributed by atoms with Crippen molar-refractivity contribution in [2.24, 2.45) is 5.41 Å². The fourth-order valence-electron chi connectivity index (χ4n) is 4.58. The SMILES string of the molecule is COc1c(C(NCCC#N)C2(C)CCNC2)c(F)cc2c(=O)[nH]c(=O)n(C3CC3)c12. The predicted octanol–water partition coefficient (Wildman–Crippen LogP) is 1.72. The second-order valence-electron chi connectivity index (χ2n) is 8.44. The van der Waals surface area contributed by atoms with E-state index in [2.05, 4.69) is 28.6 Å². The van der Waals surface area contributed by atoms with Crippen molar-refractivity contribution >= 4 is 10.9 Å². The largest absolute Gasteiger partial charge is 0.494 e. The first kappa shape index (κ1) is 20.6. The van der Waals surface area contributed by atoms with Crippen molar-refractivity contribution < 1.29 is 9.13 Å². The van der Waals surface area contributed by atoms with Gasteiger partial charge in [0.2, 0.25) is 0 Å². The van der Waals surface area contributed by atoms with E-state index in [1.54, 1.807) is 0 Å². The highest BCUT2D eigenvalue weighted by Crippen LogP contribution is 2.46. The molecule has 1 aromatic carbocycles. The molecule has 160 valence electrons.